The molecule has 0 aliphatic carbocycles. The van der Waals surface area contributed by atoms with Crippen molar-refractivity contribution in [3.8, 4) is 11.5 Å². The fourth-order valence-corrected chi connectivity index (χ4v) is 3.18. The molecule has 0 saturated heterocycles. The average molecular weight is 321 g/mol. The lowest BCUT2D eigenvalue weighted by Crippen LogP contribution is -2.15. The molecule has 0 bridgehead atoms. The molecular formula is C13H9ClN4O2S. The van der Waals surface area contributed by atoms with E-state index in [1.54, 1.807) is 6.33 Å². The molecule has 1 aliphatic rings. The van der Waals surface area contributed by atoms with E-state index in [-0.39, 0.29) is 5.28 Å². The van der Waals surface area contributed by atoms with Gasteiger partial charge in [0, 0.05) is 4.90 Å². The molecule has 0 radical (unpaired) electrons. The molecule has 3 heterocycles. The maximum Gasteiger partial charge on any atom is 0.225 e. The Kier molecular flexibility index (Phi) is 3.08. The fourth-order valence-electron chi connectivity index (χ4n) is 2.05. The third kappa shape index (κ3) is 2.38. The number of fused-ring (bicyclic) bond motifs is 2. The molecule has 21 heavy (non-hydrogen) atoms. The number of aromatic nitrogens is 4. The van der Waals surface area contributed by atoms with Gasteiger partial charge < -0.3 is 14.5 Å². The monoisotopic (exact) mass is 320 g/mol. The first kappa shape index (κ1) is 12.7. The number of halogens is 1. The summed E-state index contributed by atoms with van der Waals surface area (Å²) >= 11 is 7.39. The number of hydrogen-bond acceptors (Lipinski definition) is 6. The molecule has 4 rings (SSSR count). The number of hydrogen-bond donors (Lipinski definition) is 1. The van der Waals surface area contributed by atoms with Gasteiger partial charge in [-0.1, -0.05) is 11.8 Å². The first-order valence-electron chi connectivity index (χ1n) is 6.24. The molecule has 1 aromatic carbocycles. The number of ether oxygens (including phenoxy) is 2. The van der Waals surface area contributed by atoms with Crippen LogP contribution in [0.4, 0.5) is 0 Å². The van der Waals surface area contributed by atoms with Crippen molar-refractivity contribution >= 4 is 34.5 Å². The average Bonchev–Trinajstić information content (AvgIpc) is 2.95. The molecular weight excluding hydrogens is 312 g/mol. The molecule has 8 heteroatoms. The topological polar surface area (TPSA) is 72.9 Å². The molecule has 1 aliphatic heterocycles. The van der Waals surface area contributed by atoms with E-state index in [2.05, 4.69) is 19.9 Å². The number of H-pyrrole nitrogens is 1. The lowest BCUT2D eigenvalue weighted by atomic mass is 10.3. The second-order valence-electron chi connectivity index (χ2n) is 4.31. The molecule has 6 nitrogen and oxygen atoms in total. The van der Waals surface area contributed by atoms with E-state index >= 15 is 0 Å². The van der Waals surface area contributed by atoms with E-state index in [0.717, 1.165) is 26.9 Å². The third-order valence-corrected chi connectivity index (χ3v) is 4.10. The van der Waals surface area contributed by atoms with Crippen LogP contribution in [0.15, 0.2) is 34.4 Å². The van der Waals surface area contributed by atoms with Gasteiger partial charge in [-0.15, -0.1) is 0 Å². The number of rotatable bonds is 2. The van der Waals surface area contributed by atoms with Crippen LogP contribution < -0.4 is 9.47 Å². The summed E-state index contributed by atoms with van der Waals surface area (Å²) in [6.45, 7) is 1.14. The largest absolute Gasteiger partial charge is 0.486 e. The van der Waals surface area contributed by atoms with E-state index < -0.39 is 0 Å². The molecule has 0 amide bonds. The van der Waals surface area contributed by atoms with Crippen molar-refractivity contribution in [1.29, 1.82) is 0 Å². The highest BCUT2D eigenvalue weighted by Gasteiger charge is 2.15. The van der Waals surface area contributed by atoms with Gasteiger partial charge >= 0.3 is 0 Å². The third-order valence-electron chi connectivity index (χ3n) is 2.95. The highest BCUT2D eigenvalue weighted by Crippen LogP contribution is 2.37. The van der Waals surface area contributed by atoms with Gasteiger partial charge in [-0.3, -0.25) is 0 Å². The lowest BCUT2D eigenvalue weighted by molar-refractivity contribution is 0.171. The summed E-state index contributed by atoms with van der Waals surface area (Å²) in [7, 11) is 0. The predicted molar refractivity (Wildman–Crippen MR) is 78.2 cm³/mol. The highest BCUT2D eigenvalue weighted by atomic mass is 35.5. The zero-order chi connectivity index (χ0) is 14.2. The van der Waals surface area contributed by atoms with Crippen molar-refractivity contribution in [2.75, 3.05) is 13.2 Å². The van der Waals surface area contributed by atoms with E-state index in [1.165, 1.54) is 11.8 Å². The molecule has 2 aromatic heterocycles. The quantitative estimate of drug-likeness (QED) is 0.578. The van der Waals surface area contributed by atoms with Gasteiger partial charge in [-0.2, -0.15) is 4.98 Å². The Balaban J connectivity index is 1.72. The van der Waals surface area contributed by atoms with Gasteiger partial charge in [-0.05, 0) is 29.8 Å². The van der Waals surface area contributed by atoms with Crippen molar-refractivity contribution in [2.45, 2.75) is 9.92 Å². The summed E-state index contributed by atoms with van der Waals surface area (Å²) in [4.78, 5) is 16.4. The van der Waals surface area contributed by atoms with E-state index in [4.69, 9.17) is 21.1 Å². The smallest absolute Gasteiger partial charge is 0.225 e. The zero-order valence-electron chi connectivity index (χ0n) is 10.7. The first-order chi connectivity index (χ1) is 10.3. The summed E-state index contributed by atoms with van der Waals surface area (Å²) in [5.41, 5.74) is 1.31. The van der Waals surface area contributed by atoms with Crippen LogP contribution in [0.25, 0.3) is 11.2 Å². The maximum atomic E-state index is 5.93. The van der Waals surface area contributed by atoms with Crippen molar-refractivity contribution in [3.63, 3.8) is 0 Å². The fraction of sp³-hybridized carbons (Fsp3) is 0.154. The number of imidazole rings is 1. The Hall–Kier alpha value is -1.99. The van der Waals surface area contributed by atoms with E-state index in [0.29, 0.717) is 18.9 Å². The Morgan fingerprint density at radius 2 is 2.00 bits per heavy atom. The first-order valence-corrected chi connectivity index (χ1v) is 7.43. The second-order valence-corrected chi connectivity index (χ2v) is 5.71. The number of nitrogens with zero attached hydrogens (tertiary/aromatic N) is 3. The minimum absolute atomic E-state index is 0.176. The summed E-state index contributed by atoms with van der Waals surface area (Å²) < 4.78 is 11.1. The van der Waals surface area contributed by atoms with Crippen molar-refractivity contribution in [3.05, 3.63) is 29.8 Å². The molecule has 0 atom stereocenters. The van der Waals surface area contributed by atoms with Gasteiger partial charge in [0.1, 0.15) is 23.8 Å². The van der Waals surface area contributed by atoms with Gasteiger partial charge in [-0.25, -0.2) is 9.97 Å². The van der Waals surface area contributed by atoms with Gasteiger partial charge in [0.15, 0.2) is 17.1 Å². The van der Waals surface area contributed by atoms with Crippen LogP contribution in [0, 0.1) is 0 Å². The van der Waals surface area contributed by atoms with E-state index in [1.807, 2.05) is 18.2 Å². The highest BCUT2D eigenvalue weighted by molar-refractivity contribution is 7.99. The van der Waals surface area contributed by atoms with Crippen LogP contribution in [0.1, 0.15) is 0 Å². The molecule has 0 spiro atoms. The number of nitrogens with one attached hydrogen (secondary N) is 1. The van der Waals surface area contributed by atoms with Crippen LogP contribution in [0.3, 0.4) is 0 Å². The Morgan fingerprint density at radius 3 is 2.90 bits per heavy atom. The number of aromatic amines is 1. The second kappa shape index (κ2) is 5.09. The zero-order valence-corrected chi connectivity index (χ0v) is 12.2. The summed E-state index contributed by atoms with van der Waals surface area (Å²) in [5, 5.41) is 0.897. The molecule has 0 saturated carbocycles. The minimum Gasteiger partial charge on any atom is -0.486 e. The van der Waals surface area contributed by atoms with Gasteiger partial charge in [0.05, 0.1) is 6.33 Å². The van der Waals surface area contributed by atoms with Crippen molar-refractivity contribution < 1.29 is 9.47 Å². The molecule has 3 aromatic rings. The molecule has 106 valence electrons. The SMILES string of the molecule is Clc1nc(Sc2ccc3c(c2)OCCO3)c2[nH]cnc2n1. The van der Waals surface area contributed by atoms with Gasteiger partial charge in [0.2, 0.25) is 5.28 Å². The van der Waals surface area contributed by atoms with Crippen LogP contribution in [-0.4, -0.2) is 33.1 Å². The summed E-state index contributed by atoms with van der Waals surface area (Å²) in [5.74, 6) is 1.50. The Labute approximate surface area is 128 Å². The normalized spacial score (nSPS) is 13.6. The Bertz CT molecular complexity index is 823. The Morgan fingerprint density at radius 1 is 1.14 bits per heavy atom. The molecule has 1 N–H and O–H groups in total. The van der Waals surface area contributed by atoms with E-state index in [9.17, 15) is 0 Å². The molecule has 0 unspecified atom stereocenters. The van der Waals surface area contributed by atoms with Crippen LogP contribution >= 0.6 is 23.4 Å². The van der Waals surface area contributed by atoms with Crippen LogP contribution in [-0.2, 0) is 0 Å². The minimum atomic E-state index is 0.176. The standard InChI is InChI=1S/C13H9ClN4O2S/c14-13-17-11-10(15-6-16-11)12(18-13)21-7-1-2-8-9(5-7)20-4-3-19-8/h1-2,5-6H,3-4H2,(H,15,16,17,18). The van der Waals surface area contributed by atoms with Crippen molar-refractivity contribution in [1.82, 2.24) is 19.9 Å². The summed E-state index contributed by atoms with van der Waals surface area (Å²) in [6, 6.07) is 5.78. The van der Waals surface area contributed by atoms with Crippen LogP contribution in [0.2, 0.25) is 5.28 Å². The molecule has 0 fully saturated rings. The lowest BCUT2D eigenvalue weighted by Gasteiger charge is -2.18. The number of benzene rings is 1. The van der Waals surface area contributed by atoms with Crippen molar-refractivity contribution in [2.24, 2.45) is 0 Å². The maximum absolute atomic E-state index is 5.93. The summed E-state index contributed by atoms with van der Waals surface area (Å²) in [6.07, 6.45) is 1.57. The van der Waals surface area contributed by atoms with Gasteiger partial charge in [0.25, 0.3) is 0 Å². The predicted octanol–water partition coefficient (Wildman–Crippen LogP) is 2.93. The van der Waals surface area contributed by atoms with Crippen LogP contribution in [0.5, 0.6) is 11.5 Å².